The van der Waals surface area contributed by atoms with Crippen LogP contribution in [0.5, 0.6) is 0 Å². The van der Waals surface area contributed by atoms with Crippen LogP contribution in [0.15, 0.2) is 23.0 Å². The molecule has 3 nitrogen and oxygen atoms in total. The minimum Gasteiger partial charge on any atom is -0.472 e. The van der Waals surface area contributed by atoms with E-state index in [1.165, 1.54) is 12.0 Å². The van der Waals surface area contributed by atoms with Gasteiger partial charge in [0.25, 0.3) is 0 Å². The predicted molar refractivity (Wildman–Crippen MR) is 63.4 cm³/mol. The van der Waals surface area contributed by atoms with E-state index in [-0.39, 0.29) is 0 Å². The number of ether oxygens (including phenoxy) is 1. The molecule has 1 aliphatic rings. The third-order valence-electron chi connectivity index (χ3n) is 3.34. The number of furan rings is 1. The topological polar surface area (TPSA) is 34.4 Å². The summed E-state index contributed by atoms with van der Waals surface area (Å²) < 4.78 is 10.9. The van der Waals surface area contributed by atoms with E-state index in [9.17, 15) is 0 Å². The van der Waals surface area contributed by atoms with Gasteiger partial charge in [0.2, 0.25) is 0 Å². The summed E-state index contributed by atoms with van der Waals surface area (Å²) in [4.78, 5) is 0. The zero-order valence-corrected chi connectivity index (χ0v) is 10.1. The first-order valence-electron chi connectivity index (χ1n) is 6.17. The van der Waals surface area contributed by atoms with E-state index in [4.69, 9.17) is 9.15 Å². The van der Waals surface area contributed by atoms with Crippen LogP contribution < -0.4 is 5.32 Å². The Labute approximate surface area is 97.2 Å². The zero-order chi connectivity index (χ0) is 11.4. The van der Waals surface area contributed by atoms with Gasteiger partial charge in [0.1, 0.15) is 0 Å². The third kappa shape index (κ3) is 2.66. The highest BCUT2D eigenvalue weighted by Gasteiger charge is 2.31. The fourth-order valence-corrected chi connectivity index (χ4v) is 2.46. The molecule has 1 aromatic rings. The van der Waals surface area contributed by atoms with Crippen molar-refractivity contribution in [2.24, 2.45) is 5.92 Å². The molecule has 0 aliphatic carbocycles. The predicted octanol–water partition coefficient (Wildman–Crippen LogP) is 2.23. The molecule has 3 atom stereocenters. The SMILES string of the molecule is CCNC(Cc1ccoc1)C1OCCC1C. The largest absolute Gasteiger partial charge is 0.472 e. The van der Waals surface area contributed by atoms with Gasteiger partial charge in [-0.2, -0.15) is 0 Å². The summed E-state index contributed by atoms with van der Waals surface area (Å²) in [5, 5.41) is 3.53. The summed E-state index contributed by atoms with van der Waals surface area (Å²) in [6, 6.07) is 2.43. The van der Waals surface area contributed by atoms with E-state index in [0.717, 1.165) is 19.6 Å². The highest BCUT2D eigenvalue weighted by molar-refractivity contribution is 5.08. The van der Waals surface area contributed by atoms with E-state index in [1.807, 2.05) is 12.3 Å². The molecule has 2 rings (SSSR count). The Morgan fingerprint density at radius 2 is 2.44 bits per heavy atom. The summed E-state index contributed by atoms with van der Waals surface area (Å²) in [5.74, 6) is 0.649. The summed E-state index contributed by atoms with van der Waals surface area (Å²) in [5.41, 5.74) is 1.24. The fraction of sp³-hybridized carbons (Fsp3) is 0.692. The average Bonchev–Trinajstić information content (AvgIpc) is 2.88. The van der Waals surface area contributed by atoms with Crippen molar-refractivity contribution in [3.63, 3.8) is 0 Å². The van der Waals surface area contributed by atoms with Gasteiger partial charge in [0.05, 0.1) is 18.6 Å². The van der Waals surface area contributed by atoms with Gasteiger partial charge >= 0.3 is 0 Å². The maximum Gasteiger partial charge on any atom is 0.0935 e. The molecule has 90 valence electrons. The van der Waals surface area contributed by atoms with Gasteiger partial charge < -0.3 is 14.5 Å². The highest BCUT2D eigenvalue weighted by atomic mass is 16.5. The second-order valence-corrected chi connectivity index (χ2v) is 4.60. The third-order valence-corrected chi connectivity index (χ3v) is 3.34. The van der Waals surface area contributed by atoms with Crippen LogP contribution in [0.3, 0.4) is 0 Å². The van der Waals surface area contributed by atoms with Gasteiger partial charge in [-0.3, -0.25) is 0 Å². The Balaban J connectivity index is 1.99. The molecule has 1 N–H and O–H groups in total. The van der Waals surface area contributed by atoms with Crippen LogP contribution in [0.25, 0.3) is 0 Å². The maximum atomic E-state index is 5.84. The molecule has 0 radical (unpaired) electrons. The van der Waals surface area contributed by atoms with Crippen LogP contribution in [0.2, 0.25) is 0 Å². The quantitative estimate of drug-likeness (QED) is 0.831. The van der Waals surface area contributed by atoms with Gasteiger partial charge in [0.15, 0.2) is 0 Å². The standard InChI is InChI=1S/C13H21NO2/c1-3-14-12(8-11-5-6-15-9-11)13-10(2)4-7-16-13/h5-6,9-10,12-14H,3-4,7-8H2,1-2H3. The van der Waals surface area contributed by atoms with Crippen LogP contribution in [0.1, 0.15) is 25.8 Å². The molecule has 1 saturated heterocycles. The Kier molecular flexibility index (Phi) is 4.02. The fourth-order valence-electron chi connectivity index (χ4n) is 2.46. The van der Waals surface area contributed by atoms with E-state index >= 15 is 0 Å². The highest BCUT2D eigenvalue weighted by Crippen LogP contribution is 2.24. The Morgan fingerprint density at radius 3 is 3.00 bits per heavy atom. The van der Waals surface area contributed by atoms with E-state index in [0.29, 0.717) is 18.1 Å². The average molecular weight is 223 g/mol. The summed E-state index contributed by atoms with van der Waals surface area (Å²) >= 11 is 0. The van der Waals surface area contributed by atoms with Crippen molar-refractivity contribution in [3.8, 4) is 0 Å². The van der Waals surface area contributed by atoms with E-state index < -0.39 is 0 Å². The molecule has 1 aliphatic heterocycles. The van der Waals surface area contributed by atoms with Crippen molar-refractivity contribution in [2.45, 2.75) is 38.8 Å². The van der Waals surface area contributed by atoms with Crippen molar-refractivity contribution in [2.75, 3.05) is 13.2 Å². The molecule has 1 fully saturated rings. The molecule has 0 saturated carbocycles. The lowest BCUT2D eigenvalue weighted by Gasteiger charge is -2.26. The molecule has 16 heavy (non-hydrogen) atoms. The van der Waals surface area contributed by atoms with Crippen LogP contribution in [0, 0.1) is 5.92 Å². The molecular formula is C13H21NO2. The Bertz CT molecular complexity index is 297. The molecule has 0 amide bonds. The first kappa shape index (κ1) is 11.7. The van der Waals surface area contributed by atoms with Gasteiger partial charge in [-0.25, -0.2) is 0 Å². The monoisotopic (exact) mass is 223 g/mol. The lowest BCUT2D eigenvalue weighted by Crippen LogP contribution is -2.43. The molecule has 3 unspecified atom stereocenters. The molecule has 0 aromatic carbocycles. The van der Waals surface area contributed by atoms with Gasteiger partial charge in [-0.05, 0) is 36.9 Å². The summed E-state index contributed by atoms with van der Waals surface area (Å²) in [6.07, 6.45) is 6.06. The Morgan fingerprint density at radius 1 is 1.56 bits per heavy atom. The number of nitrogens with one attached hydrogen (secondary N) is 1. The van der Waals surface area contributed by atoms with Crippen LogP contribution in [0.4, 0.5) is 0 Å². The summed E-state index contributed by atoms with van der Waals surface area (Å²) in [6.45, 7) is 6.30. The molecule has 0 bridgehead atoms. The van der Waals surface area contributed by atoms with Crippen molar-refractivity contribution < 1.29 is 9.15 Å². The van der Waals surface area contributed by atoms with Crippen molar-refractivity contribution in [1.29, 1.82) is 0 Å². The van der Waals surface area contributed by atoms with Gasteiger partial charge in [-0.1, -0.05) is 13.8 Å². The molecular weight excluding hydrogens is 202 g/mol. The molecule has 0 spiro atoms. The minimum atomic E-state index is 0.342. The molecule has 2 heterocycles. The van der Waals surface area contributed by atoms with E-state index in [2.05, 4.69) is 19.2 Å². The number of hydrogen-bond donors (Lipinski definition) is 1. The second kappa shape index (κ2) is 5.51. The molecule has 3 heteroatoms. The smallest absolute Gasteiger partial charge is 0.0935 e. The van der Waals surface area contributed by atoms with Crippen molar-refractivity contribution in [3.05, 3.63) is 24.2 Å². The summed E-state index contributed by atoms with van der Waals surface area (Å²) in [7, 11) is 0. The normalized spacial score (nSPS) is 27.1. The minimum absolute atomic E-state index is 0.342. The van der Waals surface area contributed by atoms with Crippen LogP contribution >= 0.6 is 0 Å². The van der Waals surface area contributed by atoms with Crippen LogP contribution in [-0.2, 0) is 11.2 Å². The number of hydrogen-bond acceptors (Lipinski definition) is 3. The van der Waals surface area contributed by atoms with Crippen molar-refractivity contribution >= 4 is 0 Å². The zero-order valence-electron chi connectivity index (χ0n) is 10.1. The maximum absolute atomic E-state index is 5.84. The lowest BCUT2D eigenvalue weighted by atomic mass is 9.93. The first-order valence-corrected chi connectivity index (χ1v) is 6.17. The molecule has 1 aromatic heterocycles. The van der Waals surface area contributed by atoms with Gasteiger partial charge in [0, 0.05) is 12.6 Å². The second-order valence-electron chi connectivity index (χ2n) is 4.60. The Hall–Kier alpha value is -0.800. The van der Waals surface area contributed by atoms with Crippen molar-refractivity contribution in [1.82, 2.24) is 5.32 Å². The van der Waals surface area contributed by atoms with E-state index in [1.54, 1.807) is 6.26 Å². The van der Waals surface area contributed by atoms with Gasteiger partial charge in [-0.15, -0.1) is 0 Å². The lowest BCUT2D eigenvalue weighted by molar-refractivity contribution is 0.0615. The number of likely N-dealkylation sites (N-methyl/N-ethyl adjacent to an activating group) is 1. The van der Waals surface area contributed by atoms with Crippen LogP contribution in [-0.4, -0.2) is 25.3 Å². The number of rotatable bonds is 5. The first-order chi connectivity index (χ1) is 7.81.